The molecule has 3 amide bonds. The van der Waals surface area contributed by atoms with Crippen LogP contribution < -0.4 is 5.73 Å². The molecule has 1 aromatic heterocycles. The Labute approximate surface area is 170 Å². The quantitative estimate of drug-likeness (QED) is 0.662. The first kappa shape index (κ1) is 18.6. The number of thiophene rings is 1. The van der Waals surface area contributed by atoms with Gasteiger partial charge in [0.15, 0.2) is 0 Å². The Morgan fingerprint density at radius 2 is 1.66 bits per heavy atom. The maximum atomic E-state index is 13.1. The van der Waals surface area contributed by atoms with Gasteiger partial charge in [-0.3, -0.25) is 19.3 Å². The summed E-state index contributed by atoms with van der Waals surface area (Å²) in [5.74, 6) is -1.34. The summed E-state index contributed by atoms with van der Waals surface area (Å²) in [5, 5.41) is 10.5. The third-order valence-corrected chi connectivity index (χ3v) is 5.75. The average Bonchev–Trinajstić information content (AvgIpc) is 3.30. The lowest BCUT2D eigenvalue weighted by Gasteiger charge is -2.14. The van der Waals surface area contributed by atoms with Crippen LogP contribution in [0.5, 0.6) is 0 Å². The van der Waals surface area contributed by atoms with Crippen molar-refractivity contribution in [1.82, 2.24) is 4.90 Å². The molecule has 142 valence electrons. The normalized spacial score (nSPS) is 12.7. The molecule has 1 aliphatic heterocycles. The Bertz CT molecular complexity index is 1190. The van der Waals surface area contributed by atoms with Crippen molar-refractivity contribution in [3.8, 4) is 17.2 Å². The van der Waals surface area contributed by atoms with Crippen molar-refractivity contribution in [2.45, 2.75) is 13.0 Å². The first-order valence-electron chi connectivity index (χ1n) is 8.83. The van der Waals surface area contributed by atoms with E-state index in [4.69, 9.17) is 11.0 Å². The molecule has 0 unspecified atom stereocenters. The molecule has 0 radical (unpaired) electrons. The van der Waals surface area contributed by atoms with Crippen molar-refractivity contribution in [1.29, 1.82) is 5.26 Å². The van der Waals surface area contributed by atoms with Crippen LogP contribution >= 0.6 is 11.3 Å². The SMILES string of the molecule is N#CCc1ccc(CN2C(=O)c3cccc(-c4ccsc4C(N)=O)c3C2=O)cc1. The fraction of sp³-hybridized carbons (Fsp3) is 0.0909. The summed E-state index contributed by atoms with van der Waals surface area (Å²) in [6.45, 7) is 0.130. The van der Waals surface area contributed by atoms with Crippen LogP contribution in [0.2, 0.25) is 0 Å². The van der Waals surface area contributed by atoms with Gasteiger partial charge in [0.25, 0.3) is 17.7 Å². The van der Waals surface area contributed by atoms with E-state index in [1.807, 2.05) is 12.1 Å². The molecule has 0 saturated carbocycles. The summed E-state index contributed by atoms with van der Waals surface area (Å²) in [7, 11) is 0. The van der Waals surface area contributed by atoms with Gasteiger partial charge in [0.1, 0.15) is 0 Å². The fourth-order valence-corrected chi connectivity index (χ4v) is 4.21. The minimum absolute atomic E-state index is 0.130. The Morgan fingerprint density at radius 3 is 2.34 bits per heavy atom. The highest BCUT2D eigenvalue weighted by atomic mass is 32.1. The number of hydrogen-bond acceptors (Lipinski definition) is 5. The number of hydrogen-bond donors (Lipinski definition) is 1. The molecule has 6 nitrogen and oxygen atoms in total. The number of nitrogens with zero attached hydrogens (tertiary/aromatic N) is 2. The minimum atomic E-state index is -0.571. The largest absolute Gasteiger partial charge is 0.365 e. The van der Waals surface area contributed by atoms with Gasteiger partial charge in [-0.2, -0.15) is 5.26 Å². The fourth-order valence-electron chi connectivity index (χ4n) is 3.45. The summed E-state index contributed by atoms with van der Waals surface area (Å²) >= 11 is 1.20. The molecule has 0 fully saturated rings. The van der Waals surface area contributed by atoms with Crippen LogP contribution in [0.15, 0.2) is 53.9 Å². The van der Waals surface area contributed by atoms with E-state index in [1.165, 1.54) is 16.2 Å². The topological polar surface area (TPSA) is 104 Å². The van der Waals surface area contributed by atoms with Crippen molar-refractivity contribution >= 4 is 29.1 Å². The van der Waals surface area contributed by atoms with E-state index in [9.17, 15) is 14.4 Å². The number of rotatable bonds is 5. The lowest BCUT2D eigenvalue weighted by atomic mass is 9.97. The van der Waals surface area contributed by atoms with Crippen LogP contribution in [0.4, 0.5) is 0 Å². The van der Waals surface area contributed by atoms with E-state index < -0.39 is 11.8 Å². The summed E-state index contributed by atoms with van der Waals surface area (Å²) in [5.41, 5.74) is 8.81. The first-order valence-corrected chi connectivity index (χ1v) is 9.71. The van der Waals surface area contributed by atoms with E-state index in [1.54, 1.807) is 41.8 Å². The zero-order valence-corrected chi connectivity index (χ0v) is 16.0. The van der Waals surface area contributed by atoms with Crippen LogP contribution in [-0.4, -0.2) is 22.6 Å². The molecule has 0 atom stereocenters. The van der Waals surface area contributed by atoms with E-state index in [-0.39, 0.29) is 12.5 Å². The Balaban J connectivity index is 1.70. The maximum absolute atomic E-state index is 13.1. The molecule has 4 rings (SSSR count). The molecule has 2 heterocycles. The second-order valence-electron chi connectivity index (χ2n) is 6.60. The number of nitrogens with two attached hydrogens (primary N) is 1. The van der Waals surface area contributed by atoms with Crippen LogP contribution in [0.25, 0.3) is 11.1 Å². The van der Waals surface area contributed by atoms with Gasteiger partial charge in [-0.25, -0.2) is 0 Å². The molecule has 2 aromatic carbocycles. The standard InChI is InChI=1S/C22H15N3O3S/c23-10-8-13-4-6-14(7-5-13)12-25-21(27)17-3-1-2-15(18(17)22(25)28)16-9-11-29-19(16)20(24)26/h1-7,9,11H,8,12H2,(H2,24,26). The Hall–Kier alpha value is -3.76. The molecule has 0 spiro atoms. The summed E-state index contributed by atoms with van der Waals surface area (Å²) in [6, 6.07) is 16.1. The van der Waals surface area contributed by atoms with Crippen molar-refractivity contribution in [3.63, 3.8) is 0 Å². The predicted octanol–water partition coefficient (Wildman–Crippen LogP) is 3.38. The van der Waals surface area contributed by atoms with Crippen molar-refractivity contribution < 1.29 is 14.4 Å². The van der Waals surface area contributed by atoms with Crippen LogP contribution in [-0.2, 0) is 13.0 Å². The number of fused-ring (bicyclic) bond motifs is 1. The minimum Gasteiger partial charge on any atom is -0.365 e. The molecule has 0 saturated heterocycles. The second kappa shape index (κ2) is 7.34. The van der Waals surface area contributed by atoms with Crippen molar-refractivity contribution in [2.75, 3.05) is 0 Å². The van der Waals surface area contributed by atoms with Crippen molar-refractivity contribution in [3.05, 3.63) is 81.0 Å². The molecule has 29 heavy (non-hydrogen) atoms. The lowest BCUT2D eigenvalue weighted by Crippen LogP contribution is -2.29. The van der Waals surface area contributed by atoms with Crippen LogP contribution in [0.1, 0.15) is 41.5 Å². The molecule has 7 heteroatoms. The van der Waals surface area contributed by atoms with E-state index in [0.29, 0.717) is 33.6 Å². The zero-order valence-electron chi connectivity index (χ0n) is 15.2. The lowest BCUT2D eigenvalue weighted by molar-refractivity contribution is 0.0642. The van der Waals surface area contributed by atoms with E-state index in [0.717, 1.165) is 11.1 Å². The Morgan fingerprint density at radius 1 is 0.966 bits per heavy atom. The molecule has 2 N–H and O–H groups in total. The summed E-state index contributed by atoms with van der Waals surface area (Å²) in [6.07, 6.45) is 0.305. The van der Waals surface area contributed by atoms with Gasteiger partial charge in [-0.1, -0.05) is 36.4 Å². The Kier molecular flexibility index (Phi) is 4.71. The molecular formula is C22H15N3O3S. The second-order valence-corrected chi connectivity index (χ2v) is 7.52. The van der Waals surface area contributed by atoms with Gasteiger partial charge in [0, 0.05) is 5.56 Å². The number of imide groups is 1. The average molecular weight is 401 g/mol. The number of carbonyl (C=O) groups is 3. The smallest absolute Gasteiger partial charge is 0.262 e. The van der Waals surface area contributed by atoms with Gasteiger partial charge in [0.05, 0.1) is 35.0 Å². The van der Waals surface area contributed by atoms with E-state index >= 15 is 0 Å². The van der Waals surface area contributed by atoms with Gasteiger partial charge in [-0.15, -0.1) is 11.3 Å². The highest BCUT2D eigenvalue weighted by Gasteiger charge is 2.38. The highest BCUT2D eigenvalue weighted by Crippen LogP contribution is 2.36. The number of benzene rings is 2. The van der Waals surface area contributed by atoms with Gasteiger partial charge in [-0.05, 0) is 34.2 Å². The van der Waals surface area contributed by atoms with Crippen LogP contribution in [0.3, 0.4) is 0 Å². The monoisotopic (exact) mass is 401 g/mol. The van der Waals surface area contributed by atoms with Crippen LogP contribution in [0, 0.1) is 11.3 Å². The maximum Gasteiger partial charge on any atom is 0.262 e. The molecule has 3 aromatic rings. The van der Waals surface area contributed by atoms with Gasteiger partial charge < -0.3 is 5.73 Å². The molecular weight excluding hydrogens is 386 g/mol. The molecule has 0 aliphatic carbocycles. The summed E-state index contributed by atoms with van der Waals surface area (Å²) < 4.78 is 0. The highest BCUT2D eigenvalue weighted by molar-refractivity contribution is 7.12. The zero-order chi connectivity index (χ0) is 20.5. The molecule has 1 aliphatic rings. The van der Waals surface area contributed by atoms with Gasteiger partial charge in [0.2, 0.25) is 0 Å². The third kappa shape index (κ3) is 3.20. The van der Waals surface area contributed by atoms with E-state index in [2.05, 4.69) is 6.07 Å². The van der Waals surface area contributed by atoms with Crippen molar-refractivity contribution in [2.24, 2.45) is 5.73 Å². The third-order valence-electron chi connectivity index (χ3n) is 4.83. The number of primary amides is 1. The molecule has 0 bridgehead atoms. The number of carbonyl (C=O) groups excluding carboxylic acids is 3. The predicted molar refractivity (Wildman–Crippen MR) is 108 cm³/mol. The first-order chi connectivity index (χ1) is 14.0. The number of nitriles is 1. The van der Waals surface area contributed by atoms with Gasteiger partial charge >= 0.3 is 0 Å². The summed E-state index contributed by atoms with van der Waals surface area (Å²) in [4.78, 5) is 39.3. The number of amides is 3.